The summed E-state index contributed by atoms with van der Waals surface area (Å²) >= 11 is 13.1. The van der Waals surface area contributed by atoms with Gasteiger partial charge < -0.3 is 19.5 Å². The largest absolute Gasteiger partial charge is 0.466 e. The van der Waals surface area contributed by atoms with Gasteiger partial charge in [0.15, 0.2) is 0 Å². The molecule has 1 atom stereocenters. The normalized spacial score (nSPS) is 15.2. The molecule has 1 heterocycles. The number of allylic oxidation sites excluding steroid dienone is 1. The van der Waals surface area contributed by atoms with Gasteiger partial charge in [-0.05, 0) is 30.5 Å². The number of aryl methyl sites for hydroxylation is 1. The molecule has 0 aromatic heterocycles. The second kappa shape index (κ2) is 11.9. The van der Waals surface area contributed by atoms with Gasteiger partial charge in [0.2, 0.25) is 0 Å². The van der Waals surface area contributed by atoms with Crippen LogP contribution in [0.5, 0.6) is 0 Å². The standard InChI is InChI=1S/C27H25Cl2NO6/c1-15(25(31)34-2)24-23(27(33)36-4)22(20-17(28)11-8-12-18(20)29)21(26(32)35-3)19(30-24)14-13-16-9-6-5-7-10-16/h5-12,22,30H,1,13-14H2,2-4H3. The Morgan fingerprint density at radius 1 is 0.833 bits per heavy atom. The van der Waals surface area contributed by atoms with Crippen LogP contribution in [0.3, 0.4) is 0 Å². The molecule has 36 heavy (non-hydrogen) atoms. The lowest BCUT2D eigenvalue weighted by atomic mass is 9.78. The third-order valence-corrected chi connectivity index (χ3v) is 6.45. The Balaban J connectivity index is 2.33. The van der Waals surface area contributed by atoms with E-state index in [4.69, 9.17) is 37.4 Å². The second-order valence-corrected chi connectivity index (χ2v) is 8.63. The minimum Gasteiger partial charge on any atom is -0.466 e. The summed E-state index contributed by atoms with van der Waals surface area (Å²) in [4.78, 5) is 38.9. The zero-order valence-corrected chi connectivity index (χ0v) is 21.5. The minimum atomic E-state index is -1.12. The maximum Gasteiger partial charge on any atom is 0.339 e. The van der Waals surface area contributed by atoms with Gasteiger partial charge in [-0.3, -0.25) is 0 Å². The summed E-state index contributed by atoms with van der Waals surface area (Å²) in [5, 5.41) is 3.50. The zero-order valence-electron chi connectivity index (χ0n) is 20.0. The number of hydrogen-bond acceptors (Lipinski definition) is 7. The molecule has 1 aliphatic heterocycles. The van der Waals surface area contributed by atoms with Crippen LogP contribution < -0.4 is 5.32 Å². The molecule has 0 spiro atoms. The highest BCUT2D eigenvalue weighted by Gasteiger charge is 2.42. The van der Waals surface area contributed by atoms with Crippen LogP contribution in [0.25, 0.3) is 0 Å². The molecule has 9 heteroatoms. The van der Waals surface area contributed by atoms with E-state index in [2.05, 4.69) is 11.9 Å². The lowest BCUT2D eigenvalue weighted by molar-refractivity contribution is -0.137. The molecule has 2 aromatic carbocycles. The predicted molar refractivity (Wildman–Crippen MR) is 136 cm³/mol. The quantitative estimate of drug-likeness (QED) is 0.295. The molecule has 2 aromatic rings. The van der Waals surface area contributed by atoms with E-state index in [1.165, 1.54) is 21.3 Å². The van der Waals surface area contributed by atoms with Crippen molar-refractivity contribution in [3.05, 3.63) is 104 Å². The third kappa shape index (κ3) is 5.48. The molecular formula is C27H25Cl2NO6. The summed E-state index contributed by atoms with van der Waals surface area (Å²) in [5.74, 6) is -3.40. The van der Waals surface area contributed by atoms with Crippen LogP contribution in [-0.4, -0.2) is 39.2 Å². The summed E-state index contributed by atoms with van der Waals surface area (Å²) in [5.41, 5.74) is 1.67. The van der Waals surface area contributed by atoms with E-state index < -0.39 is 23.8 Å². The molecule has 0 amide bonds. The van der Waals surface area contributed by atoms with Gasteiger partial charge in [-0.2, -0.15) is 0 Å². The molecule has 1 unspecified atom stereocenters. The number of carbonyl (C=O) groups is 3. The van der Waals surface area contributed by atoms with Crippen molar-refractivity contribution in [2.75, 3.05) is 21.3 Å². The zero-order chi connectivity index (χ0) is 26.4. The van der Waals surface area contributed by atoms with E-state index in [0.29, 0.717) is 18.5 Å². The molecular weight excluding hydrogens is 505 g/mol. The molecule has 3 rings (SSSR count). The van der Waals surface area contributed by atoms with E-state index in [1.54, 1.807) is 18.2 Å². The topological polar surface area (TPSA) is 90.9 Å². The Kier molecular flexibility index (Phi) is 8.96. The summed E-state index contributed by atoms with van der Waals surface area (Å²) < 4.78 is 15.0. The summed E-state index contributed by atoms with van der Waals surface area (Å²) in [7, 11) is 3.62. The number of hydrogen-bond donors (Lipinski definition) is 1. The third-order valence-electron chi connectivity index (χ3n) is 5.79. The number of methoxy groups -OCH3 is 3. The molecule has 1 aliphatic rings. The number of esters is 3. The van der Waals surface area contributed by atoms with E-state index in [9.17, 15) is 14.4 Å². The van der Waals surface area contributed by atoms with Crippen molar-refractivity contribution in [1.29, 1.82) is 0 Å². The maximum absolute atomic E-state index is 13.2. The van der Waals surface area contributed by atoms with Gasteiger partial charge in [-0.1, -0.05) is 66.2 Å². The number of carbonyl (C=O) groups excluding carboxylic acids is 3. The summed E-state index contributed by atoms with van der Waals surface area (Å²) in [6.07, 6.45) is 0.873. The van der Waals surface area contributed by atoms with E-state index >= 15 is 0 Å². The van der Waals surface area contributed by atoms with Gasteiger partial charge in [0.1, 0.15) is 0 Å². The monoisotopic (exact) mass is 529 g/mol. The van der Waals surface area contributed by atoms with Gasteiger partial charge in [-0.15, -0.1) is 0 Å². The molecule has 0 aliphatic carbocycles. The number of ether oxygens (including phenoxy) is 3. The Morgan fingerprint density at radius 3 is 1.97 bits per heavy atom. The fourth-order valence-electron chi connectivity index (χ4n) is 4.08. The predicted octanol–water partition coefficient (Wildman–Crippen LogP) is 4.90. The molecule has 0 saturated heterocycles. The number of rotatable bonds is 8. The minimum absolute atomic E-state index is 0.0467. The first-order chi connectivity index (χ1) is 17.2. The van der Waals surface area contributed by atoms with Crippen molar-refractivity contribution in [2.45, 2.75) is 18.8 Å². The summed E-state index contributed by atoms with van der Waals surface area (Å²) in [6, 6.07) is 14.4. The molecule has 188 valence electrons. The lowest BCUT2D eigenvalue weighted by Crippen LogP contribution is -2.35. The van der Waals surface area contributed by atoms with Crippen LogP contribution >= 0.6 is 23.2 Å². The SMILES string of the molecule is C=C(C(=O)OC)C1=C(C(=O)OC)C(c2c(Cl)cccc2Cl)C(C(=O)OC)=C(CCc2ccccc2)N1. The van der Waals surface area contributed by atoms with Crippen LogP contribution in [0.4, 0.5) is 0 Å². The Morgan fingerprint density at radius 2 is 1.42 bits per heavy atom. The van der Waals surface area contributed by atoms with Gasteiger partial charge in [0.25, 0.3) is 0 Å². The fraction of sp³-hybridized carbons (Fsp3) is 0.222. The Bertz CT molecular complexity index is 1250. The molecule has 0 saturated carbocycles. The Labute approximate surface area is 219 Å². The Hall–Kier alpha value is -3.55. The first-order valence-electron chi connectivity index (χ1n) is 10.9. The van der Waals surface area contributed by atoms with Crippen LogP contribution in [0.1, 0.15) is 23.5 Å². The smallest absolute Gasteiger partial charge is 0.339 e. The van der Waals surface area contributed by atoms with Crippen LogP contribution in [-0.2, 0) is 35.0 Å². The van der Waals surface area contributed by atoms with E-state index in [1.807, 2.05) is 30.3 Å². The first kappa shape index (κ1) is 27.0. The first-order valence-corrected chi connectivity index (χ1v) is 11.7. The second-order valence-electron chi connectivity index (χ2n) is 7.81. The van der Waals surface area contributed by atoms with Crippen LogP contribution in [0.2, 0.25) is 10.0 Å². The molecule has 1 N–H and O–H groups in total. The van der Waals surface area contributed by atoms with E-state index in [-0.39, 0.29) is 38.0 Å². The molecule has 0 fully saturated rings. The molecule has 0 bridgehead atoms. The van der Waals surface area contributed by atoms with E-state index in [0.717, 1.165) is 5.56 Å². The maximum atomic E-state index is 13.2. The van der Waals surface area contributed by atoms with Crippen molar-refractivity contribution in [2.24, 2.45) is 0 Å². The van der Waals surface area contributed by atoms with Crippen molar-refractivity contribution < 1.29 is 28.6 Å². The van der Waals surface area contributed by atoms with Crippen LogP contribution in [0, 0.1) is 0 Å². The average Bonchev–Trinajstić information content (AvgIpc) is 2.90. The highest BCUT2D eigenvalue weighted by Crippen LogP contribution is 2.46. The highest BCUT2D eigenvalue weighted by atomic mass is 35.5. The number of dihydropyridines is 1. The van der Waals surface area contributed by atoms with Gasteiger partial charge >= 0.3 is 17.9 Å². The van der Waals surface area contributed by atoms with Crippen molar-refractivity contribution in [3.63, 3.8) is 0 Å². The summed E-state index contributed by atoms with van der Waals surface area (Å²) in [6.45, 7) is 3.82. The number of halogens is 2. The lowest BCUT2D eigenvalue weighted by Gasteiger charge is -2.33. The van der Waals surface area contributed by atoms with Crippen molar-refractivity contribution in [3.8, 4) is 0 Å². The van der Waals surface area contributed by atoms with Crippen molar-refractivity contribution in [1.82, 2.24) is 5.32 Å². The number of benzene rings is 2. The highest BCUT2D eigenvalue weighted by molar-refractivity contribution is 6.36. The number of nitrogens with one attached hydrogen (secondary N) is 1. The van der Waals surface area contributed by atoms with Crippen LogP contribution in [0.15, 0.2) is 83.2 Å². The molecule has 0 radical (unpaired) electrons. The molecule has 7 nitrogen and oxygen atoms in total. The van der Waals surface area contributed by atoms with Gasteiger partial charge in [-0.25, -0.2) is 14.4 Å². The van der Waals surface area contributed by atoms with Gasteiger partial charge in [0, 0.05) is 21.3 Å². The van der Waals surface area contributed by atoms with Gasteiger partial charge in [0.05, 0.1) is 49.7 Å². The fourth-order valence-corrected chi connectivity index (χ4v) is 4.69. The average molecular weight is 530 g/mol. The van der Waals surface area contributed by atoms with Crippen molar-refractivity contribution >= 4 is 41.1 Å².